The first-order valence-electron chi connectivity index (χ1n) is 8.07. The number of nitrogens with zero attached hydrogens (tertiary/aromatic N) is 2. The number of rotatable bonds is 2. The molecule has 0 spiro atoms. The number of carbonyl (C=O) groups is 1. The SMILES string of the molecule is Cc1cc(C(=O)N2C[C@H]3COC[C@@]3(CO)C2)c2cc(F)ccc2n1. The average Bonchev–Trinajstić information content (AvgIpc) is 3.11. The first kappa shape index (κ1) is 15.5. The third kappa shape index (κ3) is 2.29. The molecule has 2 saturated heterocycles. The van der Waals surface area contributed by atoms with Gasteiger partial charge in [0.05, 0.1) is 30.9 Å². The van der Waals surface area contributed by atoms with Crippen molar-refractivity contribution in [2.24, 2.45) is 11.3 Å². The number of benzene rings is 1. The minimum absolute atomic E-state index is 0.00615. The van der Waals surface area contributed by atoms with Gasteiger partial charge in [-0.3, -0.25) is 9.78 Å². The zero-order valence-electron chi connectivity index (χ0n) is 13.5. The lowest BCUT2D eigenvalue weighted by Gasteiger charge is -2.24. The Labute approximate surface area is 139 Å². The summed E-state index contributed by atoms with van der Waals surface area (Å²) in [6.45, 7) is 3.88. The molecule has 0 aliphatic carbocycles. The summed E-state index contributed by atoms with van der Waals surface area (Å²) in [6.07, 6.45) is 0. The summed E-state index contributed by atoms with van der Waals surface area (Å²) in [6, 6.07) is 6.01. The van der Waals surface area contributed by atoms with Gasteiger partial charge < -0.3 is 14.7 Å². The van der Waals surface area contributed by atoms with Crippen LogP contribution in [0, 0.1) is 24.1 Å². The molecule has 2 aliphatic rings. The van der Waals surface area contributed by atoms with Crippen molar-refractivity contribution < 1.29 is 19.0 Å². The standard InChI is InChI=1S/C18H19FN2O3/c1-11-4-15(14-5-13(19)2-3-16(14)20-11)17(23)21-6-12-7-24-10-18(12,8-21)9-22/h2-5,12,22H,6-10H2,1H3/t12-,18-/m0/s1. The predicted octanol–water partition coefficient (Wildman–Crippen LogP) is 1.76. The summed E-state index contributed by atoms with van der Waals surface area (Å²) in [7, 11) is 0. The van der Waals surface area contributed by atoms with Gasteiger partial charge in [0.2, 0.25) is 0 Å². The van der Waals surface area contributed by atoms with Crippen LogP contribution in [0.1, 0.15) is 16.1 Å². The highest BCUT2D eigenvalue weighted by Crippen LogP contribution is 2.41. The van der Waals surface area contributed by atoms with Crippen LogP contribution in [0.5, 0.6) is 0 Å². The van der Waals surface area contributed by atoms with Crippen molar-refractivity contribution in [1.29, 1.82) is 0 Å². The van der Waals surface area contributed by atoms with Crippen molar-refractivity contribution in [3.63, 3.8) is 0 Å². The molecule has 2 atom stereocenters. The molecule has 1 aromatic heterocycles. The maximum absolute atomic E-state index is 13.7. The van der Waals surface area contributed by atoms with E-state index in [1.54, 1.807) is 17.0 Å². The number of likely N-dealkylation sites (tertiary alicyclic amines) is 1. The smallest absolute Gasteiger partial charge is 0.254 e. The Bertz CT molecular complexity index is 825. The number of aromatic nitrogens is 1. The van der Waals surface area contributed by atoms with Gasteiger partial charge in [-0.1, -0.05) is 0 Å². The second kappa shape index (κ2) is 5.50. The van der Waals surface area contributed by atoms with Crippen molar-refractivity contribution in [3.05, 3.63) is 41.3 Å². The van der Waals surface area contributed by atoms with E-state index in [0.29, 0.717) is 42.8 Å². The van der Waals surface area contributed by atoms with Crippen LogP contribution in [0.3, 0.4) is 0 Å². The number of carbonyl (C=O) groups excluding carboxylic acids is 1. The van der Waals surface area contributed by atoms with E-state index in [1.807, 2.05) is 6.92 Å². The van der Waals surface area contributed by atoms with Crippen molar-refractivity contribution in [2.75, 3.05) is 32.9 Å². The van der Waals surface area contributed by atoms with E-state index in [0.717, 1.165) is 5.69 Å². The molecule has 0 unspecified atom stereocenters. The Balaban J connectivity index is 1.73. The molecule has 126 valence electrons. The first-order chi connectivity index (χ1) is 11.5. The van der Waals surface area contributed by atoms with Crippen LogP contribution < -0.4 is 0 Å². The first-order valence-corrected chi connectivity index (χ1v) is 8.07. The van der Waals surface area contributed by atoms with Crippen molar-refractivity contribution in [1.82, 2.24) is 9.88 Å². The van der Waals surface area contributed by atoms with Crippen LogP contribution in [-0.4, -0.2) is 53.8 Å². The van der Waals surface area contributed by atoms with Crippen LogP contribution in [-0.2, 0) is 4.74 Å². The van der Waals surface area contributed by atoms with Gasteiger partial charge in [0, 0.05) is 35.5 Å². The molecule has 2 aliphatic heterocycles. The van der Waals surface area contributed by atoms with Crippen molar-refractivity contribution in [2.45, 2.75) is 6.92 Å². The molecule has 4 rings (SSSR count). The average molecular weight is 330 g/mol. The van der Waals surface area contributed by atoms with E-state index in [2.05, 4.69) is 4.98 Å². The largest absolute Gasteiger partial charge is 0.396 e. The Kier molecular flexibility index (Phi) is 3.54. The van der Waals surface area contributed by atoms with Gasteiger partial charge in [-0.2, -0.15) is 0 Å². The molecule has 1 N–H and O–H groups in total. The second-order valence-corrected chi connectivity index (χ2v) is 6.89. The fourth-order valence-electron chi connectivity index (χ4n) is 3.89. The van der Waals surface area contributed by atoms with Crippen molar-refractivity contribution >= 4 is 16.8 Å². The van der Waals surface area contributed by atoms with Gasteiger partial charge in [-0.25, -0.2) is 4.39 Å². The van der Waals surface area contributed by atoms with Gasteiger partial charge in [0.1, 0.15) is 5.82 Å². The third-order valence-electron chi connectivity index (χ3n) is 5.25. The highest BCUT2D eigenvalue weighted by atomic mass is 19.1. The molecule has 5 nitrogen and oxygen atoms in total. The van der Waals surface area contributed by atoms with Gasteiger partial charge in [-0.15, -0.1) is 0 Å². The van der Waals surface area contributed by atoms with Gasteiger partial charge in [0.15, 0.2) is 0 Å². The minimum atomic E-state index is -0.388. The molecule has 0 bridgehead atoms. The Morgan fingerprint density at radius 3 is 3.08 bits per heavy atom. The van der Waals surface area contributed by atoms with Crippen molar-refractivity contribution in [3.8, 4) is 0 Å². The number of pyridine rings is 1. The van der Waals surface area contributed by atoms with Crippen LogP contribution in [0.15, 0.2) is 24.3 Å². The minimum Gasteiger partial charge on any atom is -0.396 e. The maximum Gasteiger partial charge on any atom is 0.254 e. The highest BCUT2D eigenvalue weighted by Gasteiger charge is 2.51. The summed E-state index contributed by atoms with van der Waals surface area (Å²) >= 11 is 0. The number of hydrogen-bond donors (Lipinski definition) is 1. The third-order valence-corrected chi connectivity index (χ3v) is 5.25. The molecular formula is C18H19FN2O3. The van der Waals surface area contributed by atoms with Crippen LogP contribution in [0.2, 0.25) is 0 Å². The number of amides is 1. The Morgan fingerprint density at radius 2 is 2.33 bits per heavy atom. The number of halogens is 1. The molecule has 0 radical (unpaired) electrons. The fraction of sp³-hybridized carbons (Fsp3) is 0.444. The predicted molar refractivity (Wildman–Crippen MR) is 86.2 cm³/mol. The molecular weight excluding hydrogens is 311 g/mol. The van der Waals surface area contributed by atoms with Crippen LogP contribution in [0.25, 0.3) is 10.9 Å². The summed E-state index contributed by atoms with van der Waals surface area (Å²) < 4.78 is 19.1. The lowest BCUT2D eigenvalue weighted by atomic mass is 9.82. The highest BCUT2D eigenvalue weighted by molar-refractivity contribution is 6.06. The van der Waals surface area contributed by atoms with E-state index < -0.39 is 0 Å². The number of aliphatic hydroxyl groups is 1. The second-order valence-electron chi connectivity index (χ2n) is 6.89. The van der Waals surface area contributed by atoms with E-state index in [9.17, 15) is 14.3 Å². The number of fused-ring (bicyclic) bond motifs is 2. The summed E-state index contributed by atoms with van der Waals surface area (Å²) in [5, 5.41) is 10.3. The van der Waals surface area contributed by atoms with Gasteiger partial charge >= 0.3 is 0 Å². The number of ether oxygens (including phenoxy) is 1. The van der Waals surface area contributed by atoms with E-state index in [-0.39, 0.29) is 29.7 Å². The normalized spacial score (nSPS) is 26.1. The molecule has 1 amide bonds. The Hall–Kier alpha value is -2.05. The van der Waals surface area contributed by atoms with Crippen LogP contribution >= 0.6 is 0 Å². The zero-order chi connectivity index (χ0) is 16.9. The molecule has 6 heteroatoms. The summed E-state index contributed by atoms with van der Waals surface area (Å²) in [4.78, 5) is 19.2. The van der Waals surface area contributed by atoms with Crippen LogP contribution in [0.4, 0.5) is 4.39 Å². The quantitative estimate of drug-likeness (QED) is 0.911. The number of hydrogen-bond acceptors (Lipinski definition) is 4. The van der Waals surface area contributed by atoms with E-state index in [1.165, 1.54) is 12.1 Å². The lowest BCUT2D eigenvalue weighted by Crippen LogP contribution is -2.36. The molecule has 3 heterocycles. The van der Waals surface area contributed by atoms with Gasteiger partial charge in [0.25, 0.3) is 5.91 Å². The molecule has 1 aromatic carbocycles. The summed E-state index contributed by atoms with van der Waals surface area (Å²) in [5.41, 5.74) is 1.43. The van der Waals surface area contributed by atoms with E-state index in [4.69, 9.17) is 4.74 Å². The lowest BCUT2D eigenvalue weighted by molar-refractivity contribution is 0.0632. The summed E-state index contributed by atoms with van der Waals surface area (Å²) in [5.74, 6) is -0.378. The molecule has 0 saturated carbocycles. The number of aryl methyl sites for hydroxylation is 1. The Morgan fingerprint density at radius 1 is 1.50 bits per heavy atom. The number of aliphatic hydroxyl groups excluding tert-OH is 1. The maximum atomic E-state index is 13.7. The zero-order valence-corrected chi connectivity index (χ0v) is 13.5. The molecule has 24 heavy (non-hydrogen) atoms. The molecule has 2 fully saturated rings. The topological polar surface area (TPSA) is 62.7 Å². The van der Waals surface area contributed by atoms with Gasteiger partial charge in [-0.05, 0) is 31.2 Å². The fourth-order valence-corrected chi connectivity index (χ4v) is 3.89. The monoisotopic (exact) mass is 330 g/mol. The molecule has 2 aromatic rings. The van der Waals surface area contributed by atoms with E-state index >= 15 is 0 Å².